The van der Waals surface area contributed by atoms with E-state index in [0.717, 1.165) is 11.1 Å². The molecule has 32 heavy (non-hydrogen) atoms. The van der Waals surface area contributed by atoms with Crippen molar-refractivity contribution < 1.29 is 19.6 Å². The van der Waals surface area contributed by atoms with Crippen LogP contribution in [0.1, 0.15) is 28.3 Å². The van der Waals surface area contributed by atoms with Crippen LogP contribution in [-0.4, -0.2) is 31.6 Å². The van der Waals surface area contributed by atoms with Gasteiger partial charge < -0.3 is 10.0 Å². The third-order valence-electron chi connectivity index (χ3n) is 5.48. The molecule has 0 saturated carbocycles. The van der Waals surface area contributed by atoms with E-state index in [1.54, 1.807) is 30.6 Å². The lowest BCUT2D eigenvalue weighted by Gasteiger charge is -2.26. The van der Waals surface area contributed by atoms with Crippen molar-refractivity contribution in [3.63, 3.8) is 0 Å². The van der Waals surface area contributed by atoms with Crippen LogP contribution in [-0.2, 0) is 16.1 Å². The molecule has 1 aromatic heterocycles. The average Bonchev–Trinajstić information content (AvgIpc) is 3.04. The summed E-state index contributed by atoms with van der Waals surface area (Å²) in [7, 11) is 0. The Labute approximate surface area is 183 Å². The number of aliphatic hydroxyl groups is 1. The highest BCUT2D eigenvalue weighted by molar-refractivity contribution is 6.46. The van der Waals surface area contributed by atoms with Crippen LogP contribution in [0.4, 0.5) is 5.69 Å². The molecule has 2 aromatic carbocycles. The van der Waals surface area contributed by atoms with Gasteiger partial charge in [-0.15, -0.1) is 0 Å². The zero-order valence-corrected chi connectivity index (χ0v) is 17.1. The molecule has 1 fully saturated rings. The first kappa shape index (κ1) is 20.9. The maximum absolute atomic E-state index is 13.1. The number of likely N-dealkylation sites (tertiary alicyclic amines) is 1. The SMILES string of the molecule is Cc1ccccc1C1/C(=C(\O)c2ccc([N+](=O)[O-])cc2)C(=O)C(=O)N1Cc1ccncc1. The van der Waals surface area contributed by atoms with Gasteiger partial charge in [-0.05, 0) is 47.9 Å². The van der Waals surface area contributed by atoms with Gasteiger partial charge in [-0.2, -0.15) is 0 Å². The molecule has 1 aliphatic heterocycles. The zero-order valence-electron chi connectivity index (χ0n) is 17.1. The molecule has 0 aliphatic carbocycles. The molecule has 3 aromatic rings. The van der Waals surface area contributed by atoms with Crippen molar-refractivity contribution in [2.45, 2.75) is 19.5 Å². The molecule has 0 radical (unpaired) electrons. The molecule has 1 atom stereocenters. The average molecular weight is 429 g/mol. The monoisotopic (exact) mass is 429 g/mol. The van der Waals surface area contributed by atoms with Crippen LogP contribution in [0.5, 0.6) is 0 Å². The molecule has 1 unspecified atom stereocenters. The summed E-state index contributed by atoms with van der Waals surface area (Å²) in [6.07, 6.45) is 3.21. The van der Waals surface area contributed by atoms with Gasteiger partial charge >= 0.3 is 0 Å². The normalized spacial score (nSPS) is 17.5. The number of nitro benzene ring substituents is 1. The van der Waals surface area contributed by atoms with Gasteiger partial charge in [0.2, 0.25) is 0 Å². The number of hydrogen-bond donors (Lipinski definition) is 1. The number of nitrogens with zero attached hydrogens (tertiary/aromatic N) is 3. The number of nitro groups is 1. The van der Waals surface area contributed by atoms with Crippen LogP contribution in [0.15, 0.2) is 78.6 Å². The van der Waals surface area contributed by atoms with Gasteiger partial charge in [0.1, 0.15) is 5.76 Å². The maximum atomic E-state index is 13.1. The Kier molecular flexibility index (Phi) is 5.51. The van der Waals surface area contributed by atoms with E-state index in [0.29, 0.717) is 5.56 Å². The van der Waals surface area contributed by atoms with Crippen LogP contribution < -0.4 is 0 Å². The third-order valence-corrected chi connectivity index (χ3v) is 5.48. The Bertz CT molecular complexity index is 1240. The number of aliphatic hydroxyl groups excluding tert-OH is 1. The first-order valence-corrected chi connectivity index (χ1v) is 9.86. The van der Waals surface area contributed by atoms with Gasteiger partial charge in [0.05, 0.1) is 16.5 Å². The van der Waals surface area contributed by atoms with Crippen molar-refractivity contribution in [1.29, 1.82) is 0 Å². The fourth-order valence-electron chi connectivity index (χ4n) is 3.84. The minimum atomic E-state index is -0.806. The predicted octanol–water partition coefficient (Wildman–Crippen LogP) is 3.92. The topological polar surface area (TPSA) is 114 Å². The number of non-ortho nitro benzene ring substituents is 1. The standard InChI is InChI=1S/C24H19N3O5/c1-15-4-2-3-5-19(15)21-20(22(28)17-6-8-18(9-7-17)27(31)32)23(29)24(30)26(21)14-16-10-12-25-13-11-16/h2-13,21,28H,14H2,1H3/b22-20+. The van der Waals surface area contributed by atoms with Crippen LogP contribution in [0.3, 0.4) is 0 Å². The summed E-state index contributed by atoms with van der Waals surface area (Å²) in [6, 6.07) is 15.2. The number of aromatic nitrogens is 1. The van der Waals surface area contributed by atoms with Gasteiger partial charge in [0.15, 0.2) is 0 Å². The number of hydrogen-bond acceptors (Lipinski definition) is 6. The number of benzene rings is 2. The Morgan fingerprint density at radius 1 is 1.06 bits per heavy atom. The van der Waals surface area contributed by atoms with E-state index >= 15 is 0 Å². The summed E-state index contributed by atoms with van der Waals surface area (Å²) in [5, 5.41) is 22.0. The summed E-state index contributed by atoms with van der Waals surface area (Å²) >= 11 is 0. The van der Waals surface area contributed by atoms with E-state index in [1.807, 2.05) is 25.1 Å². The van der Waals surface area contributed by atoms with Crippen molar-refractivity contribution in [2.75, 3.05) is 0 Å². The predicted molar refractivity (Wildman–Crippen MR) is 116 cm³/mol. The number of ketones is 1. The molecule has 1 N–H and O–H groups in total. The van der Waals surface area contributed by atoms with Gasteiger partial charge in [0.25, 0.3) is 17.4 Å². The molecule has 8 heteroatoms. The van der Waals surface area contributed by atoms with Crippen molar-refractivity contribution in [2.24, 2.45) is 0 Å². The van der Waals surface area contributed by atoms with Crippen LogP contribution >= 0.6 is 0 Å². The highest BCUT2D eigenvalue weighted by Gasteiger charge is 2.46. The summed E-state index contributed by atoms with van der Waals surface area (Å²) in [4.78, 5) is 41.9. The molecule has 8 nitrogen and oxygen atoms in total. The molecule has 1 aliphatic rings. The summed E-state index contributed by atoms with van der Waals surface area (Å²) in [6.45, 7) is 2.02. The highest BCUT2D eigenvalue weighted by atomic mass is 16.6. The largest absolute Gasteiger partial charge is 0.507 e. The summed E-state index contributed by atoms with van der Waals surface area (Å²) < 4.78 is 0. The van der Waals surface area contributed by atoms with Gasteiger partial charge in [0, 0.05) is 36.6 Å². The first-order chi connectivity index (χ1) is 15.4. The van der Waals surface area contributed by atoms with Crippen LogP contribution in [0.2, 0.25) is 0 Å². The second kappa shape index (κ2) is 8.43. The second-order valence-electron chi connectivity index (χ2n) is 7.44. The summed E-state index contributed by atoms with van der Waals surface area (Å²) in [5.74, 6) is -1.90. The maximum Gasteiger partial charge on any atom is 0.295 e. The lowest BCUT2D eigenvalue weighted by Crippen LogP contribution is -2.29. The Hall–Kier alpha value is -4.33. The molecule has 1 saturated heterocycles. The molecule has 0 bridgehead atoms. The summed E-state index contributed by atoms with van der Waals surface area (Å²) in [5.41, 5.74) is 2.38. The van der Waals surface area contributed by atoms with Crippen molar-refractivity contribution in [1.82, 2.24) is 9.88 Å². The Morgan fingerprint density at radius 3 is 2.34 bits per heavy atom. The van der Waals surface area contributed by atoms with E-state index < -0.39 is 22.7 Å². The van der Waals surface area contributed by atoms with Gasteiger partial charge in [-0.25, -0.2) is 0 Å². The van der Waals surface area contributed by atoms with E-state index in [2.05, 4.69) is 4.98 Å². The highest BCUT2D eigenvalue weighted by Crippen LogP contribution is 2.41. The van der Waals surface area contributed by atoms with Crippen LogP contribution in [0, 0.1) is 17.0 Å². The smallest absolute Gasteiger partial charge is 0.295 e. The lowest BCUT2D eigenvalue weighted by molar-refractivity contribution is -0.384. The quantitative estimate of drug-likeness (QED) is 0.216. The van der Waals surface area contributed by atoms with Crippen molar-refractivity contribution in [3.05, 3.63) is 111 Å². The molecule has 160 valence electrons. The molecule has 0 spiro atoms. The number of pyridine rings is 1. The first-order valence-electron chi connectivity index (χ1n) is 9.86. The van der Waals surface area contributed by atoms with Crippen molar-refractivity contribution >= 4 is 23.1 Å². The van der Waals surface area contributed by atoms with Crippen molar-refractivity contribution in [3.8, 4) is 0 Å². The zero-order chi connectivity index (χ0) is 22.8. The van der Waals surface area contributed by atoms with E-state index in [4.69, 9.17) is 0 Å². The minimum absolute atomic E-state index is 0.0489. The van der Waals surface area contributed by atoms with E-state index in [1.165, 1.54) is 29.2 Å². The number of aryl methyl sites for hydroxylation is 1. The lowest BCUT2D eigenvalue weighted by atomic mass is 9.92. The van der Waals surface area contributed by atoms with Gasteiger partial charge in [-0.3, -0.25) is 24.7 Å². The molecule has 4 rings (SSSR count). The molecule has 1 amide bonds. The van der Waals surface area contributed by atoms with E-state index in [9.17, 15) is 24.8 Å². The number of carbonyl (C=O) groups is 2. The number of carbonyl (C=O) groups excluding carboxylic acids is 2. The number of Topliss-reactive ketones (excluding diaryl/α,β-unsaturated/α-hetero) is 1. The Balaban J connectivity index is 1.86. The fourth-order valence-corrected chi connectivity index (χ4v) is 3.84. The number of rotatable bonds is 5. The molecular weight excluding hydrogens is 410 g/mol. The number of amides is 1. The second-order valence-corrected chi connectivity index (χ2v) is 7.44. The molecular formula is C24H19N3O5. The fraction of sp³-hybridized carbons (Fsp3) is 0.125. The molecule has 2 heterocycles. The minimum Gasteiger partial charge on any atom is -0.507 e. The van der Waals surface area contributed by atoms with E-state index in [-0.39, 0.29) is 29.1 Å². The third kappa shape index (κ3) is 3.74. The van der Waals surface area contributed by atoms with Gasteiger partial charge in [-0.1, -0.05) is 24.3 Å². The Morgan fingerprint density at radius 2 is 1.72 bits per heavy atom. The van der Waals surface area contributed by atoms with Crippen LogP contribution in [0.25, 0.3) is 5.76 Å².